The lowest BCUT2D eigenvalue weighted by atomic mass is 10.0. The molecule has 0 spiro atoms. The highest BCUT2D eigenvalue weighted by molar-refractivity contribution is 6.30. The molecule has 6 heteroatoms. The van der Waals surface area contributed by atoms with Crippen LogP contribution in [0.2, 0.25) is 5.02 Å². The van der Waals surface area contributed by atoms with Crippen molar-refractivity contribution in [2.75, 3.05) is 0 Å². The number of carboxylic acid groups (broad SMARTS) is 1. The number of hydrogen-bond acceptors (Lipinski definition) is 3. The smallest absolute Gasteiger partial charge is 0.335 e. The Kier molecular flexibility index (Phi) is 4.30. The number of nitrogens with zero attached hydrogens (tertiary/aromatic N) is 2. The second-order valence-corrected chi connectivity index (χ2v) is 6.38. The fourth-order valence-electron chi connectivity index (χ4n) is 2.82. The second-order valence-electron chi connectivity index (χ2n) is 5.95. The quantitative estimate of drug-likeness (QED) is 0.514. The Balaban J connectivity index is 2.00. The molecule has 132 valence electrons. The van der Waals surface area contributed by atoms with Crippen molar-refractivity contribution >= 4 is 28.5 Å². The normalized spacial score (nSPS) is 10.9. The van der Waals surface area contributed by atoms with Crippen molar-refractivity contribution < 1.29 is 14.3 Å². The summed E-state index contributed by atoms with van der Waals surface area (Å²) < 4.78 is 13.3. The number of aromatic nitrogens is 2. The van der Waals surface area contributed by atoms with Gasteiger partial charge in [0.25, 0.3) is 0 Å². The van der Waals surface area contributed by atoms with Crippen LogP contribution in [-0.4, -0.2) is 21.0 Å². The van der Waals surface area contributed by atoms with Crippen LogP contribution in [0.5, 0.6) is 0 Å². The standard InChI is InChI=1S/C21H12ClFN2O2/c22-15-6-1-13(2-7-15)20-24-18-11-14(21(26)27)5-10-17(18)19(25-20)12-3-8-16(23)9-4-12/h1-11H,(H,26,27). The molecule has 0 fully saturated rings. The maximum atomic E-state index is 13.3. The lowest BCUT2D eigenvalue weighted by Gasteiger charge is -2.10. The summed E-state index contributed by atoms with van der Waals surface area (Å²) >= 11 is 5.95. The van der Waals surface area contributed by atoms with Crippen LogP contribution >= 0.6 is 11.6 Å². The van der Waals surface area contributed by atoms with Crippen molar-refractivity contribution in [1.82, 2.24) is 9.97 Å². The Morgan fingerprint density at radius 3 is 2.22 bits per heavy atom. The van der Waals surface area contributed by atoms with Crippen molar-refractivity contribution in [2.45, 2.75) is 0 Å². The third kappa shape index (κ3) is 3.37. The highest BCUT2D eigenvalue weighted by Gasteiger charge is 2.14. The summed E-state index contributed by atoms with van der Waals surface area (Å²) in [6, 6.07) is 17.7. The van der Waals surface area contributed by atoms with Gasteiger partial charge in [0.1, 0.15) is 5.82 Å². The summed E-state index contributed by atoms with van der Waals surface area (Å²) in [5, 5.41) is 10.6. The first-order valence-electron chi connectivity index (χ1n) is 8.08. The molecule has 27 heavy (non-hydrogen) atoms. The van der Waals surface area contributed by atoms with Gasteiger partial charge in [-0.05, 0) is 66.7 Å². The summed E-state index contributed by atoms with van der Waals surface area (Å²) in [7, 11) is 0. The molecule has 3 aromatic carbocycles. The molecule has 0 radical (unpaired) electrons. The zero-order chi connectivity index (χ0) is 19.0. The molecular weight excluding hydrogens is 367 g/mol. The Morgan fingerprint density at radius 2 is 1.56 bits per heavy atom. The van der Waals surface area contributed by atoms with E-state index < -0.39 is 5.97 Å². The van der Waals surface area contributed by atoms with Gasteiger partial charge in [-0.25, -0.2) is 19.2 Å². The highest BCUT2D eigenvalue weighted by Crippen LogP contribution is 2.30. The zero-order valence-electron chi connectivity index (χ0n) is 13.9. The van der Waals surface area contributed by atoms with Gasteiger partial charge in [-0.3, -0.25) is 0 Å². The van der Waals surface area contributed by atoms with Gasteiger partial charge < -0.3 is 5.11 Å². The Bertz CT molecular complexity index is 1160. The van der Waals surface area contributed by atoms with Crippen molar-refractivity contribution in [2.24, 2.45) is 0 Å². The molecule has 0 saturated heterocycles. The van der Waals surface area contributed by atoms with Crippen molar-refractivity contribution in [1.29, 1.82) is 0 Å². The van der Waals surface area contributed by atoms with E-state index in [0.717, 1.165) is 5.56 Å². The first kappa shape index (κ1) is 17.1. The minimum absolute atomic E-state index is 0.133. The van der Waals surface area contributed by atoms with Gasteiger partial charge >= 0.3 is 5.97 Å². The Hall–Kier alpha value is -3.31. The first-order chi connectivity index (χ1) is 13.0. The van der Waals surface area contributed by atoms with Crippen LogP contribution < -0.4 is 0 Å². The molecule has 1 heterocycles. The summed E-state index contributed by atoms with van der Waals surface area (Å²) in [5.41, 5.74) is 2.68. The van der Waals surface area contributed by atoms with E-state index in [-0.39, 0.29) is 11.4 Å². The number of benzene rings is 3. The molecule has 1 aromatic heterocycles. The zero-order valence-corrected chi connectivity index (χ0v) is 14.6. The number of fused-ring (bicyclic) bond motifs is 1. The molecule has 0 saturated carbocycles. The Labute approximate surface area is 158 Å². The fourth-order valence-corrected chi connectivity index (χ4v) is 2.94. The van der Waals surface area contributed by atoms with Gasteiger partial charge in [0.05, 0.1) is 16.8 Å². The van der Waals surface area contributed by atoms with Gasteiger partial charge in [0.2, 0.25) is 0 Å². The number of rotatable bonds is 3. The van der Waals surface area contributed by atoms with Crippen molar-refractivity contribution in [3.05, 3.63) is 83.1 Å². The summed E-state index contributed by atoms with van der Waals surface area (Å²) in [5.74, 6) is -0.948. The van der Waals surface area contributed by atoms with E-state index in [1.165, 1.54) is 24.3 Å². The summed E-state index contributed by atoms with van der Waals surface area (Å²) in [6.45, 7) is 0. The first-order valence-corrected chi connectivity index (χ1v) is 8.46. The molecule has 0 aliphatic carbocycles. The lowest BCUT2D eigenvalue weighted by Crippen LogP contribution is -1.99. The molecule has 0 atom stereocenters. The Morgan fingerprint density at radius 1 is 0.889 bits per heavy atom. The molecule has 4 aromatic rings. The van der Waals surface area contributed by atoms with Gasteiger partial charge in [0.15, 0.2) is 5.82 Å². The van der Waals surface area contributed by atoms with E-state index in [9.17, 15) is 14.3 Å². The molecular formula is C21H12ClFN2O2. The predicted octanol–water partition coefficient (Wildman–Crippen LogP) is 5.45. The molecule has 1 N–H and O–H groups in total. The minimum atomic E-state index is -1.04. The van der Waals surface area contributed by atoms with E-state index in [1.54, 1.807) is 42.5 Å². The van der Waals surface area contributed by atoms with E-state index >= 15 is 0 Å². The lowest BCUT2D eigenvalue weighted by molar-refractivity contribution is 0.0697. The summed E-state index contributed by atoms with van der Waals surface area (Å²) in [4.78, 5) is 20.5. The van der Waals surface area contributed by atoms with Crippen LogP contribution in [0, 0.1) is 5.82 Å². The van der Waals surface area contributed by atoms with Crippen molar-refractivity contribution in [3.63, 3.8) is 0 Å². The highest BCUT2D eigenvalue weighted by atomic mass is 35.5. The molecule has 4 rings (SSSR count). The van der Waals surface area contributed by atoms with E-state index in [1.807, 2.05) is 0 Å². The number of carboxylic acids is 1. The average Bonchev–Trinajstić information content (AvgIpc) is 2.68. The minimum Gasteiger partial charge on any atom is -0.478 e. The molecule has 0 amide bonds. The van der Waals surface area contributed by atoms with Gasteiger partial charge in [-0.1, -0.05) is 11.6 Å². The van der Waals surface area contributed by atoms with Crippen LogP contribution in [0.1, 0.15) is 10.4 Å². The third-order valence-corrected chi connectivity index (χ3v) is 4.42. The average molecular weight is 379 g/mol. The summed E-state index contributed by atoms with van der Waals surface area (Å²) in [6.07, 6.45) is 0. The molecule has 0 aliphatic rings. The van der Waals surface area contributed by atoms with Crippen LogP contribution in [0.4, 0.5) is 4.39 Å². The SMILES string of the molecule is O=C(O)c1ccc2c(-c3ccc(F)cc3)nc(-c3ccc(Cl)cc3)nc2c1. The number of hydrogen-bond donors (Lipinski definition) is 1. The van der Waals surface area contributed by atoms with Crippen LogP contribution in [0.25, 0.3) is 33.5 Å². The van der Waals surface area contributed by atoms with Gasteiger partial charge in [-0.15, -0.1) is 0 Å². The number of aromatic carboxylic acids is 1. The number of halogens is 2. The van der Waals surface area contributed by atoms with Crippen LogP contribution in [-0.2, 0) is 0 Å². The fraction of sp³-hybridized carbons (Fsp3) is 0. The monoisotopic (exact) mass is 378 g/mol. The molecule has 0 bridgehead atoms. The molecule has 0 unspecified atom stereocenters. The predicted molar refractivity (Wildman–Crippen MR) is 102 cm³/mol. The van der Waals surface area contributed by atoms with E-state index in [4.69, 9.17) is 11.6 Å². The largest absolute Gasteiger partial charge is 0.478 e. The van der Waals surface area contributed by atoms with Gasteiger partial charge in [-0.2, -0.15) is 0 Å². The molecule has 4 nitrogen and oxygen atoms in total. The topological polar surface area (TPSA) is 63.1 Å². The maximum absolute atomic E-state index is 13.3. The number of carbonyl (C=O) groups is 1. The maximum Gasteiger partial charge on any atom is 0.335 e. The molecule has 0 aliphatic heterocycles. The van der Waals surface area contributed by atoms with Crippen LogP contribution in [0.3, 0.4) is 0 Å². The van der Waals surface area contributed by atoms with Crippen LogP contribution in [0.15, 0.2) is 66.7 Å². The van der Waals surface area contributed by atoms with Crippen molar-refractivity contribution in [3.8, 4) is 22.6 Å². The van der Waals surface area contributed by atoms with E-state index in [2.05, 4.69) is 9.97 Å². The van der Waals surface area contributed by atoms with Gasteiger partial charge in [0, 0.05) is 21.5 Å². The third-order valence-electron chi connectivity index (χ3n) is 4.16. The van der Waals surface area contributed by atoms with E-state index in [0.29, 0.717) is 33.0 Å². The second kappa shape index (κ2) is 6.78.